The first-order valence-corrected chi connectivity index (χ1v) is 8.93. The number of amides is 1. The fourth-order valence-corrected chi connectivity index (χ4v) is 3.20. The molecule has 0 saturated heterocycles. The molecule has 4 rings (SSSR count). The minimum atomic E-state index is -0.365. The number of hydrogen-bond acceptors (Lipinski definition) is 4. The summed E-state index contributed by atoms with van der Waals surface area (Å²) in [5.41, 5.74) is 3.21. The Morgan fingerprint density at radius 1 is 1.03 bits per heavy atom. The average molecular weight is 394 g/mol. The maximum Gasteiger partial charge on any atom is 0.272 e. The number of benzene rings is 2. The summed E-state index contributed by atoms with van der Waals surface area (Å²) in [6.07, 6.45) is 1.58. The lowest BCUT2D eigenvalue weighted by molar-refractivity contribution is 0.101. The van der Waals surface area contributed by atoms with E-state index in [0.717, 1.165) is 11.1 Å². The van der Waals surface area contributed by atoms with Crippen LogP contribution in [0, 0.1) is 5.82 Å². The zero-order valence-corrected chi connectivity index (χ0v) is 15.9. The molecule has 0 spiro atoms. The molecule has 2 aromatic carbocycles. The van der Waals surface area contributed by atoms with Crippen LogP contribution >= 0.6 is 0 Å². The van der Waals surface area contributed by atoms with E-state index < -0.39 is 0 Å². The highest BCUT2D eigenvalue weighted by molar-refractivity contribution is 6.05. The summed E-state index contributed by atoms with van der Waals surface area (Å²) in [5, 5.41) is 2.79. The van der Waals surface area contributed by atoms with Gasteiger partial charge >= 0.3 is 0 Å². The fraction of sp³-hybridized carbons (Fsp3) is 0.136. The van der Waals surface area contributed by atoms with Gasteiger partial charge in [0.05, 0.1) is 26.0 Å². The largest absolute Gasteiger partial charge is 0.497 e. The number of aromatic nitrogens is 1. The van der Waals surface area contributed by atoms with E-state index in [1.54, 1.807) is 38.7 Å². The Labute approximate surface area is 166 Å². The van der Waals surface area contributed by atoms with E-state index >= 15 is 0 Å². The summed E-state index contributed by atoms with van der Waals surface area (Å²) in [7, 11) is 3.17. The molecule has 2 aromatic heterocycles. The van der Waals surface area contributed by atoms with Crippen LogP contribution in [-0.4, -0.2) is 24.7 Å². The van der Waals surface area contributed by atoms with E-state index in [1.807, 2.05) is 16.7 Å². The van der Waals surface area contributed by atoms with Crippen molar-refractivity contribution >= 4 is 22.7 Å². The van der Waals surface area contributed by atoms with Crippen molar-refractivity contribution in [3.05, 3.63) is 77.9 Å². The molecular weight excluding hydrogens is 375 g/mol. The number of nitrogens with one attached hydrogen (secondary N) is 1. The van der Waals surface area contributed by atoms with Crippen LogP contribution in [-0.2, 0) is 6.54 Å². The number of furan rings is 1. The van der Waals surface area contributed by atoms with Crippen molar-refractivity contribution in [3.63, 3.8) is 0 Å². The van der Waals surface area contributed by atoms with Gasteiger partial charge in [0.15, 0.2) is 5.58 Å². The van der Waals surface area contributed by atoms with Crippen molar-refractivity contribution in [2.45, 2.75) is 6.54 Å². The number of ether oxygens (including phenoxy) is 2. The summed E-state index contributed by atoms with van der Waals surface area (Å²) < 4.78 is 31.1. The lowest BCUT2D eigenvalue weighted by Gasteiger charge is -2.13. The first-order chi connectivity index (χ1) is 14.1. The normalized spacial score (nSPS) is 10.9. The molecule has 148 valence electrons. The Morgan fingerprint density at radius 3 is 2.38 bits per heavy atom. The summed E-state index contributed by atoms with van der Waals surface area (Å²) >= 11 is 0. The summed E-state index contributed by atoms with van der Waals surface area (Å²) in [4.78, 5) is 12.9. The molecule has 0 aliphatic heterocycles. The number of nitrogens with zero attached hydrogens (tertiary/aromatic N) is 1. The monoisotopic (exact) mass is 394 g/mol. The zero-order valence-electron chi connectivity index (χ0n) is 15.9. The quantitative estimate of drug-likeness (QED) is 0.515. The highest BCUT2D eigenvalue weighted by Crippen LogP contribution is 2.27. The fourth-order valence-electron chi connectivity index (χ4n) is 3.20. The topological polar surface area (TPSA) is 65.6 Å². The number of carbonyl (C=O) groups excluding carboxylic acids is 1. The van der Waals surface area contributed by atoms with E-state index in [0.29, 0.717) is 35.0 Å². The van der Waals surface area contributed by atoms with Crippen LogP contribution < -0.4 is 14.8 Å². The van der Waals surface area contributed by atoms with Gasteiger partial charge in [0.25, 0.3) is 5.91 Å². The third-order valence-corrected chi connectivity index (χ3v) is 4.61. The molecule has 0 unspecified atom stereocenters. The molecule has 0 bridgehead atoms. The molecule has 0 aliphatic carbocycles. The summed E-state index contributed by atoms with van der Waals surface area (Å²) in [6, 6.07) is 14.7. The second-order valence-electron chi connectivity index (χ2n) is 6.47. The molecule has 0 saturated carbocycles. The second-order valence-corrected chi connectivity index (χ2v) is 6.47. The Hall–Kier alpha value is -3.74. The Kier molecular flexibility index (Phi) is 4.95. The van der Waals surface area contributed by atoms with E-state index in [2.05, 4.69) is 5.32 Å². The van der Waals surface area contributed by atoms with Gasteiger partial charge in [-0.2, -0.15) is 0 Å². The number of methoxy groups -OCH3 is 2. The van der Waals surface area contributed by atoms with Gasteiger partial charge in [-0.25, -0.2) is 4.39 Å². The van der Waals surface area contributed by atoms with Gasteiger partial charge in [-0.15, -0.1) is 0 Å². The van der Waals surface area contributed by atoms with Gasteiger partial charge in [-0.1, -0.05) is 0 Å². The molecular formula is C22H19FN2O4. The molecule has 6 nitrogen and oxygen atoms in total. The Morgan fingerprint density at radius 2 is 1.72 bits per heavy atom. The van der Waals surface area contributed by atoms with Crippen LogP contribution in [0.4, 0.5) is 10.1 Å². The third kappa shape index (κ3) is 3.80. The molecule has 1 amide bonds. The maximum absolute atomic E-state index is 13.1. The molecule has 1 N–H and O–H groups in total. The van der Waals surface area contributed by atoms with Crippen LogP contribution in [0.2, 0.25) is 0 Å². The van der Waals surface area contributed by atoms with E-state index in [9.17, 15) is 9.18 Å². The van der Waals surface area contributed by atoms with Crippen LogP contribution in [0.25, 0.3) is 11.1 Å². The van der Waals surface area contributed by atoms with Crippen LogP contribution in [0.5, 0.6) is 11.5 Å². The van der Waals surface area contributed by atoms with Gasteiger partial charge in [-0.3, -0.25) is 4.79 Å². The minimum Gasteiger partial charge on any atom is -0.497 e. The zero-order chi connectivity index (χ0) is 20.4. The number of rotatable bonds is 6. The smallest absolute Gasteiger partial charge is 0.272 e. The minimum absolute atomic E-state index is 0.321. The molecule has 29 heavy (non-hydrogen) atoms. The van der Waals surface area contributed by atoms with Crippen molar-refractivity contribution in [3.8, 4) is 11.5 Å². The highest BCUT2D eigenvalue weighted by atomic mass is 19.1. The van der Waals surface area contributed by atoms with E-state index in [4.69, 9.17) is 13.9 Å². The number of anilines is 1. The first-order valence-electron chi connectivity index (χ1n) is 8.93. The number of hydrogen-bond donors (Lipinski definition) is 1. The van der Waals surface area contributed by atoms with Gasteiger partial charge in [0.2, 0.25) is 0 Å². The van der Waals surface area contributed by atoms with Crippen LogP contribution in [0.15, 0.2) is 65.3 Å². The predicted octanol–water partition coefficient (Wildman–Crippen LogP) is 4.69. The van der Waals surface area contributed by atoms with Gasteiger partial charge in [0.1, 0.15) is 23.0 Å². The predicted molar refractivity (Wildman–Crippen MR) is 107 cm³/mol. The molecule has 2 heterocycles. The van der Waals surface area contributed by atoms with Crippen LogP contribution in [0.1, 0.15) is 16.1 Å². The molecule has 0 atom stereocenters. The van der Waals surface area contributed by atoms with E-state index in [-0.39, 0.29) is 11.7 Å². The van der Waals surface area contributed by atoms with Crippen molar-refractivity contribution in [1.82, 2.24) is 4.57 Å². The van der Waals surface area contributed by atoms with Crippen molar-refractivity contribution in [2.75, 3.05) is 19.5 Å². The van der Waals surface area contributed by atoms with Gasteiger partial charge < -0.3 is 23.8 Å². The highest BCUT2D eigenvalue weighted by Gasteiger charge is 2.18. The van der Waals surface area contributed by atoms with Crippen molar-refractivity contribution in [1.29, 1.82) is 0 Å². The molecule has 0 aliphatic rings. The number of fused-ring (bicyclic) bond motifs is 1. The van der Waals surface area contributed by atoms with Crippen LogP contribution in [0.3, 0.4) is 0 Å². The first kappa shape index (κ1) is 18.6. The lowest BCUT2D eigenvalue weighted by Crippen LogP contribution is -2.17. The van der Waals surface area contributed by atoms with Gasteiger partial charge in [-0.05, 0) is 42.0 Å². The number of carbonyl (C=O) groups is 1. The van der Waals surface area contributed by atoms with Crippen molar-refractivity contribution in [2.24, 2.45) is 0 Å². The molecule has 7 heteroatoms. The summed E-state index contributed by atoms with van der Waals surface area (Å²) in [5.74, 6) is 0.633. The maximum atomic E-state index is 13.1. The molecule has 4 aromatic rings. The molecule has 0 radical (unpaired) electrons. The Balaban J connectivity index is 1.70. The SMILES string of the molecule is COc1cc(Cn2c(C(=O)Nc3ccc(F)cc3)cc3occc32)cc(OC)c1. The van der Waals surface area contributed by atoms with Gasteiger partial charge in [0, 0.05) is 30.4 Å². The Bertz CT molecular complexity index is 1140. The number of halogens is 1. The lowest BCUT2D eigenvalue weighted by atomic mass is 10.2. The average Bonchev–Trinajstić information content (AvgIpc) is 3.32. The van der Waals surface area contributed by atoms with Crippen molar-refractivity contribution < 1.29 is 23.1 Å². The third-order valence-electron chi connectivity index (χ3n) is 4.61. The molecule has 0 fully saturated rings. The standard InChI is InChI=1S/C22H19FN2O4/c1-27-17-9-14(10-18(11-17)28-2)13-25-19-7-8-29-21(19)12-20(25)22(26)24-16-5-3-15(23)4-6-16/h3-12H,13H2,1-2H3,(H,24,26). The summed E-state index contributed by atoms with van der Waals surface area (Å²) in [6.45, 7) is 0.406. The van der Waals surface area contributed by atoms with E-state index in [1.165, 1.54) is 24.3 Å². The second kappa shape index (κ2) is 7.71.